The molecule has 0 aromatic heterocycles. The number of carbonyl (C=O) groups is 1. The molecule has 1 aliphatic rings. The monoisotopic (exact) mass is 330 g/mol. The van der Waals surface area contributed by atoms with Gasteiger partial charge in [0.25, 0.3) is 0 Å². The number of hydrogen-bond donors (Lipinski definition) is 1. The molecule has 5 nitrogen and oxygen atoms in total. The van der Waals surface area contributed by atoms with Crippen LogP contribution in [0.3, 0.4) is 0 Å². The number of ether oxygens (including phenoxy) is 1. The Morgan fingerprint density at radius 2 is 2.27 bits per heavy atom. The molecule has 0 spiro atoms. The first-order valence-corrected chi connectivity index (χ1v) is 7.62. The number of piperazine rings is 1. The molecular weight excluding hydrogens is 311 g/mol. The van der Waals surface area contributed by atoms with E-state index in [1.54, 1.807) is 7.11 Å². The highest BCUT2D eigenvalue weighted by Gasteiger charge is 2.29. The molecule has 0 bridgehead atoms. The molecule has 2 rings (SSSR count). The van der Waals surface area contributed by atoms with Crippen molar-refractivity contribution in [2.75, 3.05) is 33.4 Å². The lowest BCUT2D eigenvalue weighted by atomic mass is 10.1. The predicted octanol–water partition coefficient (Wildman–Crippen LogP) is 2.57. The number of hydrogen-bond acceptors (Lipinski definition) is 3. The van der Waals surface area contributed by atoms with Crippen LogP contribution in [0.1, 0.15) is 11.1 Å². The van der Waals surface area contributed by atoms with Crippen molar-refractivity contribution in [1.29, 1.82) is 0 Å². The third-order valence-electron chi connectivity index (χ3n) is 3.93. The van der Waals surface area contributed by atoms with Crippen molar-refractivity contribution in [3.8, 4) is 5.75 Å². The summed E-state index contributed by atoms with van der Waals surface area (Å²) in [6, 6.07) is 5.33. The zero-order valence-corrected chi connectivity index (χ0v) is 13.2. The van der Waals surface area contributed by atoms with Crippen LogP contribution in [0.4, 0.5) is 9.18 Å². The van der Waals surface area contributed by atoms with Crippen LogP contribution < -0.4 is 4.74 Å². The van der Waals surface area contributed by atoms with Gasteiger partial charge in [0.1, 0.15) is 12.4 Å². The van der Waals surface area contributed by atoms with Crippen LogP contribution in [0.5, 0.6) is 5.75 Å². The van der Waals surface area contributed by atoms with E-state index in [0.29, 0.717) is 31.3 Å². The minimum atomic E-state index is -0.994. The Morgan fingerprint density at radius 1 is 1.50 bits per heavy atom. The summed E-state index contributed by atoms with van der Waals surface area (Å²) in [4.78, 5) is 14.2. The van der Waals surface area contributed by atoms with E-state index in [9.17, 15) is 9.18 Å². The number of amides is 1. The molecule has 1 fully saturated rings. The van der Waals surface area contributed by atoms with Crippen molar-refractivity contribution in [2.45, 2.75) is 18.5 Å². The molecule has 7 heteroatoms. The number of rotatable bonds is 5. The fraction of sp³-hybridized carbons (Fsp3) is 0.533. The lowest BCUT2D eigenvalue weighted by molar-refractivity contribution is 0.0534. The van der Waals surface area contributed by atoms with Crippen LogP contribution in [0.2, 0.25) is 0 Å². The number of benzene rings is 1. The SMILES string of the molecule is COc1cc(CN2CCN(C(=O)O)C[C@H]2CF)ccc1CCl. The summed E-state index contributed by atoms with van der Waals surface area (Å²) in [6.45, 7) is 1.09. The third kappa shape index (κ3) is 3.81. The van der Waals surface area contributed by atoms with Gasteiger partial charge in [-0.05, 0) is 11.6 Å². The van der Waals surface area contributed by atoms with Crippen molar-refractivity contribution < 1.29 is 19.0 Å². The molecular formula is C15H20ClFN2O3. The maximum Gasteiger partial charge on any atom is 0.407 e. The van der Waals surface area contributed by atoms with Crippen LogP contribution in [0, 0.1) is 0 Å². The Morgan fingerprint density at radius 3 is 2.86 bits per heavy atom. The minimum absolute atomic E-state index is 0.197. The predicted molar refractivity (Wildman–Crippen MR) is 82.3 cm³/mol. The molecule has 1 saturated heterocycles. The van der Waals surface area contributed by atoms with Crippen LogP contribution in [-0.4, -0.2) is 60.5 Å². The van der Waals surface area contributed by atoms with Crippen LogP contribution in [0.25, 0.3) is 0 Å². The van der Waals surface area contributed by atoms with E-state index in [-0.39, 0.29) is 6.54 Å². The zero-order chi connectivity index (χ0) is 16.1. The highest BCUT2D eigenvalue weighted by molar-refractivity contribution is 6.17. The summed E-state index contributed by atoms with van der Waals surface area (Å²) < 4.78 is 18.5. The topological polar surface area (TPSA) is 53.0 Å². The summed E-state index contributed by atoms with van der Waals surface area (Å²) in [5.41, 5.74) is 1.90. The van der Waals surface area contributed by atoms with Gasteiger partial charge in [-0.1, -0.05) is 12.1 Å². The highest BCUT2D eigenvalue weighted by atomic mass is 35.5. The molecule has 1 N–H and O–H groups in total. The van der Waals surface area contributed by atoms with Crippen LogP contribution in [0.15, 0.2) is 18.2 Å². The van der Waals surface area contributed by atoms with Crippen molar-refractivity contribution >= 4 is 17.7 Å². The molecule has 1 aliphatic heterocycles. The summed E-state index contributed by atoms with van der Waals surface area (Å²) >= 11 is 5.85. The first kappa shape index (κ1) is 16.8. The van der Waals surface area contributed by atoms with Gasteiger partial charge in [-0.2, -0.15) is 0 Å². The van der Waals surface area contributed by atoms with Gasteiger partial charge in [-0.25, -0.2) is 9.18 Å². The van der Waals surface area contributed by atoms with Gasteiger partial charge in [-0.3, -0.25) is 4.90 Å². The van der Waals surface area contributed by atoms with Gasteiger partial charge < -0.3 is 14.7 Å². The Balaban J connectivity index is 2.08. The summed E-state index contributed by atoms with van der Waals surface area (Å²) in [5.74, 6) is 1.09. The zero-order valence-electron chi connectivity index (χ0n) is 12.5. The lowest BCUT2D eigenvalue weighted by Crippen LogP contribution is -2.54. The Labute approximate surface area is 134 Å². The first-order valence-electron chi connectivity index (χ1n) is 7.08. The average molecular weight is 331 g/mol. The molecule has 0 radical (unpaired) electrons. The number of alkyl halides is 2. The molecule has 1 aromatic rings. The van der Waals surface area contributed by atoms with Crippen LogP contribution in [-0.2, 0) is 12.4 Å². The molecule has 1 aromatic carbocycles. The molecule has 122 valence electrons. The molecule has 0 aliphatic carbocycles. The standard InChI is InChI=1S/C15H20ClFN2O3/c1-22-14-6-11(2-3-12(14)7-16)9-18-4-5-19(15(20)21)10-13(18)8-17/h2-3,6,13H,4-5,7-10H2,1H3,(H,20,21)/t13-/m1/s1. The normalized spacial score (nSPS) is 19.2. The van der Waals surface area contributed by atoms with Crippen molar-refractivity contribution in [1.82, 2.24) is 9.80 Å². The number of methoxy groups -OCH3 is 1. The second-order valence-electron chi connectivity index (χ2n) is 5.29. The van der Waals surface area contributed by atoms with Gasteiger partial charge in [0.2, 0.25) is 0 Å². The Hall–Kier alpha value is -1.53. The Kier molecular flexibility index (Phi) is 5.85. The van der Waals surface area contributed by atoms with Gasteiger partial charge in [0.15, 0.2) is 0 Å². The molecule has 0 unspecified atom stereocenters. The van der Waals surface area contributed by atoms with E-state index in [0.717, 1.165) is 11.1 Å². The molecule has 1 amide bonds. The molecule has 0 saturated carbocycles. The number of nitrogens with zero attached hydrogens (tertiary/aromatic N) is 2. The first-order chi connectivity index (χ1) is 10.6. The maximum atomic E-state index is 13.2. The molecule has 1 heterocycles. The molecule has 1 atom stereocenters. The van der Waals surface area contributed by atoms with Gasteiger partial charge in [0, 0.05) is 31.7 Å². The van der Waals surface area contributed by atoms with E-state index >= 15 is 0 Å². The fourth-order valence-corrected chi connectivity index (χ4v) is 2.87. The van der Waals surface area contributed by atoms with Crippen molar-refractivity contribution in [2.24, 2.45) is 0 Å². The summed E-state index contributed by atoms with van der Waals surface area (Å²) in [5, 5.41) is 9.01. The average Bonchev–Trinajstić information content (AvgIpc) is 2.54. The van der Waals surface area contributed by atoms with E-state index in [2.05, 4.69) is 0 Å². The Bertz CT molecular complexity index is 530. The number of halogens is 2. The van der Waals surface area contributed by atoms with Crippen molar-refractivity contribution in [3.05, 3.63) is 29.3 Å². The largest absolute Gasteiger partial charge is 0.496 e. The lowest BCUT2D eigenvalue weighted by Gasteiger charge is -2.39. The maximum absolute atomic E-state index is 13.2. The van der Waals surface area contributed by atoms with Crippen molar-refractivity contribution in [3.63, 3.8) is 0 Å². The second-order valence-corrected chi connectivity index (χ2v) is 5.55. The summed E-state index contributed by atoms with van der Waals surface area (Å²) in [7, 11) is 1.59. The van der Waals surface area contributed by atoms with E-state index in [1.165, 1.54) is 4.90 Å². The fourth-order valence-electron chi connectivity index (χ4n) is 2.65. The van der Waals surface area contributed by atoms with E-state index in [1.807, 2.05) is 23.1 Å². The highest BCUT2D eigenvalue weighted by Crippen LogP contribution is 2.24. The number of carboxylic acid groups (broad SMARTS) is 1. The van der Waals surface area contributed by atoms with Gasteiger partial charge in [0.05, 0.1) is 19.0 Å². The van der Waals surface area contributed by atoms with Crippen LogP contribution >= 0.6 is 11.6 Å². The summed E-state index contributed by atoms with van der Waals surface area (Å²) in [6.07, 6.45) is -0.994. The van der Waals surface area contributed by atoms with E-state index < -0.39 is 18.8 Å². The smallest absolute Gasteiger partial charge is 0.407 e. The van der Waals surface area contributed by atoms with Gasteiger partial charge in [-0.15, -0.1) is 11.6 Å². The minimum Gasteiger partial charge on any atom is -0.496 e. The second kappa shape index (κ2) is 7.65. The third-order valence-corrected chi connectivity index (χ3v) is 4.22. The quantitative estimate of drug-likeness (QED) is 0.843. The van der Waals surface area contributed by atoms with Gasteiger partial charge >= 0.3 is 6.09 Å². The molecule has 22 heavy (non-hydrogen) atoms. The van der Waals surface area contributed by atoms with E-state index in [4.69, 9.17) is 21.4 Å².